The zero-order valence-corrected chi connectivity index (χ0v) is 13.4. The van der Waals surface area contributed by atoms with Crippen LogP contribution in [0, 0.1) is 0 Å². The summed E-state index contributed by atoms with van der Waals surface area (Å²) in [7, 11) is 1.68. The summed E-state index contributed by atoms with van der Waals surface area (Å²) < 4.78 is 5.15. The van der Waals surface area contributed by atoms with Crippen molar-refractivity contribution in [1.29, 1.82) is 0 Å². The minimum Gasteiger partial charge on any atom is -0.497 e. The molecule has 0 aliphatic rings. The van der Waals surface area contributed by atoms with Gasteiger partial charge in [0.2, 0.25) is 0 Å². The lowest BCUT2D eigenvalue weighted by molar-refractivity contribution is 0.415. The maximum absolute atomic E-state index is 5.15. The molecule has 2 nitrogen and oxygen atoms in total. The normalized spacial score (nSPS) is 10.9. The monoisotopic (exact) mass is 303 g/mol. The van der Waals surface area contributed by atoms with Crippen LogP contribution in [0.25, 0.3) is 12.2 Å². The van der Waals surface area contributed by atoms with Crippen molar-refractivity contribution in [2.75, 3.05) is 19.6 Å². The molecule has 0 amide bonds. The Morgan fingerprint density at radius 1 is 0.900 bits per heavy atom. The minimum absolute atomic E-state index is 0.875. The zero-order valence-electron chi connectivity index (χ0n) is 11.8. The van der Waals surface area contributed by atoms with Crippen molar-refractivity contribution in [3.05, 3.63) is 47.5 Å². The van der Waals surface area contributed by atoms with Gasteiger partial charge in [-0.05, 0) is 47.9 Å². The van der Waals surface area contributed by atoms with Gasteiger partial charge in [0, 0.05) is 0 Å². The number of aromatic nitrogens is 1. The van der Waals surface area contributed by atoms with Crippen molar-refractivity contribution in [3.63, 3.8) is 0 Å². The highest BCUT2D eigenvalue weighted by Crippen LogP contribution is 2.22. The second kappa shape index (κ2) is 7.41. The number of thioether (sulfide) groups is 2. The highest BCUT2D eigenvalue weighted by atomic mass is 32.2. The molecule has 0 atom stereocenters. The van der Waals surface area contributed by atoms with E-state index >= 15 is 0 Å². The summed E-state index contributed by atoms with van der Waals surface area (Å²) >= 11 is 3.33. The molecule has 2 rings (SSSR count). The predicted molar refractivity (Wildman–Crippen MR) is 89.7 cm³/mol. The number of hydrogen-bond acceptors (Lipinski definition) is 4. The number of ether oxygens (including phenoxy) is 1. The first-order chi connectivity index (χ1) is 9.75. The molecular weight excluding hydrogens is 286 g/mol. The second-order valence-corrected chi connectivity index (χ2v) is 5.74. The Kier molecular flexibility index (Phi) is 5.56. The van der Waals surface area contributed by atoms with Gasteiger partial charge in [-0.2, -0.15) is 0 Å². The summed E-state index contributed by atoms with van der Waals surface area (Å²) in [4.78, 5) is 4.52. The van der Waals surface area contributed by atoms with Crippen molar-refractivity contribution < 1.29 is 4.74 Å². The van der Waals surface area contributed by atoms with Crippen molar-refractivity contribution >= 4 is 35.7 Å². The molecule has 4 heteroatoms. The minimum atomic E-state index is 0.875. The lowest BCUT2D eigenvalue weighted by Crippen LogP contribution is -1.85. The van der Waals surface area contributed by atoms with E-state index in [-0.39, 0.29) is 0 Å². The summed E-state index contributed by atoms with van der Waals surface area (Å²) in [6.45, 7) is 0. The number of rotatable bonds is 5. The third-order valence-electron chi connectivity index (χ3n) is 2.80. The average molecular weight is 303 g/mol. The SMILES string of the molecule is COc1ccc(/C=C\c2cc(SC)nc(SC)c2)cc1. The first-order valence-corrected chi connectivity index (χ1v) is 8.62. The largest absolute Gasteiger partial charge is 0.497 e. The Balaban J connectivity index is 2.21. The van der Waals surface area contributed by atoms with Gasteiger partial charge in [0.1, 0.15) is 5.75 Å². The fraction of sp³-hybridized carbons (Fsp3) is 0.188. The van der Waals surface area contributed by atoms with E-state index in [2.05, 4.69) is 29.3 Å². The Hall–Kier alpha value is -1.39. The van der Waals surface area contributed by atoms with E-state index in [9.17, 15) is 0 Å². The van der Waals surface area contributed by atoms with Crippen LogP contribution in [0.1, 0.15) is 11.1 Å². The average Bonchev–Trinajstić information content (AvgIpc) is 2.53. The first-order valence-electron chi connectivity index (χ1n) is 6.17. The Morgan fingerprint density at radius 3 is 1.95 bits per heavy atom. The van der Waals surface area contributed by atoms with E-state index in [4.69, 9.17) is 4.74 Å². The van der Waals surface area contributed by atoms with Crippen LogP contribution in [-0.4, -0.2) is 24.6 Å². The topological polar surface area (TPSA) is 22.1 Å². The van der Waals surface area contributed by atoms with Gasteiger partial charge in [0.05, 0.1) is 17.2 Å². The third kappa shape index (κ3) is 4.05. The molecule has 0 saturated heterocycles. The molecule has 1 aromatic heterocycles. The van der Waals surface area contributed by atoms with Crippen molar-refractivity contribution in [3.8, 4) is 5.75 Å². The Morgan fingerprint density at radius 2 is 1.45 bits per heavy atom. The molecule has 0 aliphatic carbocycles. The molecule has 1 heterocycles. The van der Waals surface area contributed by atoms with Crippen LogP contribution in [0.5, 0.6) is 5.75 Å². The predicted octanol–water partition coefficient (Wildman–Crippen LogP) is 4.70. The van der Waals surface area contributed by atoms with E-state index in [1.54, 1.807) is 30.6 Å². The van der Waals surface area contributed by atoms with Crippen LogP contribution in [0.3, 0.4) is 0 Å². The lowest BCUT2D eigenvalue weighted by Gasteiger charge is -2.03. The standard InChI is InChI=1S/C16H17NOS2/c1-18-14-8-6-12(7-9-14)4-5-13-10-15(19-2)17-16(11-13)20-3/h4-11H,1-3H3/b5-4-. The van der Waals surface area contributed by atoms with Crippen LogP contribution in [0.2, 0.25) is 0 Å². The molecule has 0 fully saturated rings. The molecule has 0 N–H and O–H groups in total. The number of methoxy groups -OCH3 is 1. The summed E-state index contributed by atoms with van der Waals surface area (Å²) in [5.74, 6) is 0.875. The van der Waals surface area contributed by atoms with Crippen molar-refractivity contribution in [1.82, 2.24) is 4.98 Å². The fourth-order valence-corrected chi connectivity index (χ4v) is 2.66. The summed E-state index contributed by atoms with van der Waals surface area (Å²) in [5.41, 5.74) is 2.32. The van der Waals surface area contributed by atoms with Crippen LogP contribution < -0.4 is 4.74 Å². The molecular formula is C16H17NOS2. The van der Waals surface area contributed by atoms with Gasteiger partial charge in [0.15, 0.2) is 0 Å². The van der Waals surface area contributed by atoms with Crippen molar-refractivity contribution in [2.24, 2.45) is 0 Å². The molecule has 0 radical (unpaired) electrons. The van der Waals surface area contributed by atoms with E-state index in [1.165, 1.54) is 5.56 Å². The number of hydrogen-bond donors (Lipinski definition) is 0. The maximum atomic E-state index is 5.15. The van der Waals surface area contributed by atoms with Gasteiger partial charge in [-0.15, -0.1) is 23.5 Å². The second-order valence-electron chi connectivity index (χ2n) is 4.09. The van der Waals surface area contributed by atoms with Gasteiger partial charge in [0.25, 0.3) is 0 Å². The van der Waals surface area contributed by atoms with E-state index in [1.807, 2.05) is 36.8 Å². The van der Waals surface area contributed by atoms with E-state index < -0.39 is 0 Å². The third-order valence-corrected chi connectivity index (χ3v) is 4.06. The molecule has 20 heavy (non-hydrogen) atoms. The number of pyridine rings is 1. The zero-order chi connectivity index (χ0) is 14.4. The summed E-state index contributed by atoms with van der Waals surface area (Å²) in [6, 6.07) is 12.2. The molecule has 2 aromatic rings. The molecule has 0 spiro atoms. The van der Waals surface area contributed by atoms with Crippen LogP contribution in [0.15, 0.2) is 46.5 Å². The van der Waals surface area contributed by atoms with Crippen LogP contribution in [0.4, 0.5) is 0 Å². The van der Waals surface area contributed by atoms with E-state index in [0.717, 1.165) is 21.4 Å². The smallest absolute Gasteiger partial charge is 0.118 e. The van der Waals surface area contributed by atoms with Gasteiger partial charge < -0.3 is 4.74 Å². The molecule has 104 valence electrons. The molecule has 0 unspecified atom stereocenters. The van der Waals surface area contributed by atoms with Crippen LogP contribution >= 0.6 is 23.5 Å². The van der Waals surface area contributed by atoms with Gasteiger partial charge in [-0.3, -0.25) is 0 Å². The molecule has 1 aromatic carbocycles. The first kappa shape index (κ1) is 15.0. The molecule has 0 saturated carbocycles. The van der Waals surface area contributed by atoms with Crippen molar-refractivity contribution in [2.45, 2.75) is 10.1 Å². The Bertz CT molecular complexity index is 572. The lowest BCUT2D eigenvalue weighted by atomic mass is 10.1. The summed E-state index contributed by atoms with van der Waals surface area (Å²) in [5, 5.41) is 2.09. The highest BCUT2D eigenvalue weighted by molar-refractivity contribution is 7.99. The number of nitrogens with zero attached hydrogens (tertiary/aromatic N) is 1. The summed E-state index contributed by atoms with van der Waals surface area (Å²) in [6.07, 6.45) is 8.30. The number of benzene rings is 1. The highest BCUT2D eigenvalue weighted by Gasteiger charge is 1.99. The fourth-order valence-electron chi connectivity index (χ4n) is 1.71. The van der Waals surface area contributed by atoms with Gasteiger partial charge in [-0.25, -0.2) is 4.98 Å². The molecule has 0 aliphatic heterocycles. The van der Waals surface area contributed by atoms with Gasteiger partial charge in [-0.1, -0.05) is 24.3 Å². The van der Waals surface area contributed by atoms with E-state index in [0.29, 0.717) is 0 Å². The maximum Gasteiger partial charge on any atom is 0.118 e. The van der Waals surface area contributed by atoms with Gasteiger partial charge >= 0.3 is 0 Å². The Labute approximate surface area is 128 Å². The molecule has 0 bridgehead atoms. The quantitative estimate of drug-likeness (QED) is 0.746. The van der Waals surface area contributed by atoms with Crippen LogP contribution in [-0.2, 0) is 0 Å².